The van der Waals surface area contributed by atoms with E-state index in [1.165, 1.54) is 0 Å². The van der Waals surface area contributed by atoms with Crippen LogP contribution in [0.1, 0.15) is 31.2 Å². The first kappa shape index (κ1) is 24.3. The van der Waals surface area contributed by atoms with E-state index in [9.17, 15) is 0 Å². The lowest BCUT2D eigenvalue weighted by Gasteiger charge is -2.34. The number of fused-ring (bicyclic) bond motifs is 4. The molecular formula is C31H31FN6O. The van der Waals surface area contributed by atoms with Crippen molar-refractivity contribution in [3.8, 4) is 29.6 Å². The van der Waals surface area contributed by atoms with Gasteiger partial charge in [-0.15, -0.1) is 6.42 Å². The zero-order chi connectivity index (χ0) is 26.5. The number of rotatable bonds is 5. The monoisotopic (exact) mass is 522 g/mol. The summed E-state index contributed by atoms with van der Waals surface area (Å²) < 4.78 is 22.7. The Hall–Kier alpha value is -3.80. The van der Waals surface area contributed by atoms with Crippen molar-refractivity contribution in [1.29, 1.82) is 0 Å². The van der Waals surface area contributed by atoms with Crippen molar-refractivity contribution in [3.05, 3.63) is 54.0 Å². The van der Waals surface area contributed by atoms with Gasteiger partial charge >= 0.3 is 6.01 Å². The van der Waals surface area contributed by atoms with E-state index in [-0.39, 0.29) is 17.2 Å². The molecule has 7 nitrogen and oxygen atoms in total. The van der Waals surface area contributed by atoms with Crippen molar-refractivity contribution in [2.45, 2.75) is 43.8 Å². The minimum Gasteiger partial charge on any atom is -0.462 e. The van der Waals surface area contributed by atoms with E-state index < -0.39 is 5.82 Å². The summed E-state index contributed by atoms with van der Waals surface area (Å²) in [5, 5.41) is 6.01. The summed E-state index contributed by atoms with van der Waals surface area (Å²) >= 11 is 0. The van der Waals surface area contributed by atoms with Gasteiger partial charge in [0, 0.05) is 53.9 Å². The Bertz CT molecular complexity index is 1600. The summed E-state index contributed by atoms with van der Waals surface area (Å²) in [6.07, 6.45) is 12.0. The average molecular weight is 523 g/mol. The number of piperazine rings is 1. The Balaban J connectivity index is 1.37. The molecule has 0 radical (unpaired) electrons. The van der Waals surface area contributed by atoms with E-state index in [1.54, 1.807) is 6.20 Å². The summed E-state index contributed by atoms with van der Waals surface area (Å²) in [4.78, 5) is 18.7. The molecule has 4 aromatic rings. The summed E-state index contributed by atoms with van der Waals surface area (Å²) in [6.45, 7) is 3.15. The van der Waals surface area contributed by atoms with Crippen LogP contribution in [0, 0.1) is 18.2 Å². The fourth-order valence-corrected chi connectivity index (χ4v) is 6.50. The quantitative estimate of drug-likeness (QED) is 0.390. The predicted molar refractivity (Wildman–Crippen MR) is 151 cm³/mol. The molecule has 5 heterocycles. The molecule has 3 fully saturated rings. The highest BCUT2D eigenvalue weighted by Gasteiger charge is 2.34. The molecule has 8 heteroatoms. The van der Waals surface area contributed by atoms with Crippen molar-refractivity contribution in [1.82, 2.24) is 25.2 Å². The number of halogens is 1. The van der Waals surface area contributed by atoms with Gasteiger partial charge in [-0.05, 0) is 50.7 Å². The molecule has 2 bridgehead atoms. The average Bonchev–Trinajstić information content (AvgIpc) is 3.54. The molecule has 1 N–H and O–H groups in total. The summed E-state index contributed by atoms with van der Waals surface area (Å²) in [5.41, 5.74) is 1.80. The number of likely N-dealkylation sites (N-methyl/N-ethyl adjacent to an activating group) is 1. The van der Waals surface area contributed by atoms with Gasteiger partial charge in [0.05, 0.1) is 5.39 Å². The zero-order valence-corrected chi connectivity index (χ0v) is 22.0. The molecular weight excluding hydrogens is 491 g/mol. The smallest absolute Gasteiger partial charge is 0.319 e. The molecule has 0 unspecified atom stereocenters. The molecule has 3 aliphatic rings. The third kappa shape index (κ3) is 4.26. The maximum Gasteiger partial charge on any atom is 0.319 e. The lowest BCUT2D eigenvalue weighted by molar-refractivity contribution is 0.188. The van der Waals surface area contributed by atoms with E-state index in [4.69, 9.17) is 16.1 Å². The van der Waals surface area contributed by atoms with Crippen LogP contribution < -0.4 is 15.0 Å². The van der Waals surface area contributed by atoms with E-state index in [0.717, 1.165) is 56.1 Å². The van der Waals surface area contributed by atoms with Gasteiger partial charge in [0.1, 0.15) is 23.6 Å². The number of hydrogen-bond acceptors (Lipinski definition) is 7. The number of benzene rings is 2. The van der Waals surface area contributed by atoms with Crippen molar-refractivity contribution in [2.75, 3.05) is 38.2 Å². The van der Waals surface area contributed by atoms with Crippen LogP contribution in [0.5, 0.6) is 6.01 Å². The number of hydrogen-bond donors (Lipinski definition) is 1. The van der Waals surface area contributed by atoms with Crippen LogP contribution in [0.3, 0.4) is 0 Å². The first-order chi connectivity index (χ1) is 19.1. The highest BCUT2D eigenvalue weighted by molar-refractivity contribution is 6.02. The van der Waals surface area contributed by atoms with E-state index in [0.29, 0.717) is 47.1 Å². The Labute approximate surface area is 227 Å². The number of nitrogens with zero attached hydrogens (tertiary/aromatic N) is 5. The van der Waals surface area contributed by atoms with E-state index in [2.05, 4.69) is 38.1 Å². The topological polar surface area (TPSA) is 66.4 Å². The number of anilines is 1. The van der Waals surface area contributed by atoms with Gasteiger partial charge in [-0.1, -0.05) is 36.3 Å². The Kier molecular flexibility index (Phi) is 6.06. The Morgan fingerprint density at radius 2 is 1.90 bits per heavy atom. The lowest BCUT2D eigenvalue weighted by atomic mass is 9.97. The molecule has 0 saturated carbocycles. The molecule has 2 aromatic heterocycles. The summed E-state index contributed by atoms with van der Waals surface area (Å²) in [6, 6.07) is 12.8. The molecule has 3 atom stereocenters. The maximum atomic E-state index is 16.5. The van der Waals surface area contributed by atoms with Gasteiger partial charge in [0.15, 0.2) is 5.82 Å². The molecule has 2 aromatic carbocycles. The second kappa shape index (κ2) is 9.74. The number of terminal acetylenes is 1. The van der Waals surface area contributed by atoms with Crippen molar-refractivity contribution in [2.24, 2.45) is 0 Å². The van der Waals surface area contributed by atoms with Crippen LogP contribution in [0.25, 0.3) is 32.9 Å². The highest BCUT2D eigenvalue weighted by atomic mass is 19.1. The zero-order valence-electron chi connectivity index (χ0n) is 22.0. The fourth-order valence-electron chi connectivity index (χ4n) is 6.50. The number of aromatic nitrogens is 3. The number of ether oxygens (including phenoxy) is 1. The van der Waals surface area contributed by atoms with E-state index in [1.807, 2.05) is 36.4 Å². The van der Waals surface area contributed by atoms with Gasteiger partial charge < -0.3 is 19.9 Å². The summed E-state index contributed by atoms with van der Waals surface area (Å²) in [5.74, 6) is 2.95. The molecule has 7 rings (SSSR count). The number of nitrogens with one attached hydrogen (secondary N) is 1. The molecule has 0 aliphatic carbocycles. The molecule has 3 saturated heterocycles. The third-order valence-electron chi connectivity index (χ3n) is 8.55. The van der Waals surface area contributed by atoms with Gasteiger partial charge in [-0.25, -0.2) is 4.39 Å². The summed E-state index contributed by atoms with van der Waals surface area (Å²) in [7, 11) is 2.11. The predicted octanol–water partition coefficient (Wildman–Crippen LogP) is 4.38. The first-order valence-electron chi connectivity index (χ1n) is 13.8. The molecule has 0 spiro atoms. The largest absolute Gasteiger partial charge is 0.462 e. The third-order valence-corrected chi connectivity index (χ3v) is 8.55. The minimum atomic E-state index is -0.489. The molecule has 0 amide bonds. The van der Waals surface area contributed by atoms with Crippen LogP contribution in [-0.4, -0.2) is 71.3 Å². The Morgan fingerprint density at radius 1 is 1.10 bits per heavy atom. The second-order valence-corrected chi connectivity index (χ2v) is 11.0. The van der Waals surface area contributed by atoms with Crippen molar-refractivity contribution < 1.29 is 9.13 Å². The van der Waals surface area contributed by atoms with Crippen LogP contribution in [0.15, 0.2) is 42.6 Å². The molecule has 198 valence electrons. The van der Waals surface area contributed by atoms with Crippen LogP contribution >= 0.6 is 0 Å². The fraction of sp³-hybridized carbons (Fsp3) is 0.387. The SMILES string of the molecule is C#Cc1cccc2cccc(-c3ncc4c(N5C[C@H]6CC[C@@H](C5)N6)nc(OC[C@@H]5CCCN5C)nc4c3F)c12. The van der Waals surface area contributed by atoms with Crippen molar-refractivity contribution >= 4 is 27.5 Å². The van der Waals surface area contributed by atoms with Crippen LogP contribution in [0.2, 0.25) is 0 Å². The lowest BCUT2D eigenvalue weighted by Crippen LogP contribution is -2.51. The van der Waals surface area contributed by atoms with Gasteiger partial charge in [0.2, 0.25) is 0 Å². The highest BCUT2D eigenvalue weighted by Crippen LogP contribution is 2.37. The number of likely N-dealkylation sites (tertiary alicyclic amines) is 1. The van der Waals surface area contributed by atoms with Gasteiger partial charge in [0.25, 0.3) is 0 Å². The minimum absolute atomic E-state index is 0.210. The van der Waals surface area contributed by atoms with E-state index >= 15 is 4.39 Å². The van der Waals surface area contributed by atoms with Crippen LogP contribution in [0.4, 0.5) is 10.2 Å². The van der Waals surface area contributed by atoms with Crippen molar-refractivity contribution in [3.63, 3.8) is 0 Å². The molecule has 3 aliphatic heterocycles. The maximum absolute atomic E-state index is 16.5. The molecule has 39 heavy (non-hydrogen) atoms. The van der Waals surface area contributed by atoms with Gasteiger partial charge in [-0.3, -0.25) is 4.98 Å². The van der Waals surface area contributed by atoms with Crippen LogP contribution in [-0.2, 0) is 0 Å². The van der Waals surface area contributed by atoms with Gasteiger partial charge in [-0.2, -0.15) is 9.97 Å². The normalized spacial score (nSPS) is 23.0. The second-order valence-electron chi connectivity index (χ2n) is 11.0. The first-order valence-corrected chi connectivity index (χ1v) is 13.8. The Morgan fingerprint density at radius 3 is 2.64 bits per heavy atom. The standard InChI is InChI=1S/C31H31FN6O/c1-3-19-7-4-8-20-9-5-11-24(26(19)20)28-27(32)29-25(15-33-28)30(38-16-21-12-13-22(17-38)34-21)36-31(35-29)39-18-23-10-6-14-37(23)2/h1,4-5,7-9,11,15,21-23,34H,6,10,12-14,16-18H2,2H3/t21-,22+,23-/m0/s1. The number of pyridine rings is 1.